The van der Waals surface area contributed by atoms with Crippen LogP contribution < -0.4 is 0 Å². The van der Waals surface area contributed by atoms with E-state index in [0.717, 1.165) is 108 Å². The van der Waals surface area contributed by atoms with Gasteiger partial charge in [-0.05, 0) is 43.4 Å². The molecule has 0 aromatic carbocycles. The van der Waals surface area contributed by atoms with E-state index in [-0.39, 0.29) is 25.7 Å². The van der Waals surface area contributed by atoms with E-state index in [0.29, 0.717) is 25.7 Å². The summed E-state index contributed by atoms with van der Waals surface area (Å²) in [6, 6.07) is 0. The fraction of sp³-hybridized carbons (Fsp3) is 0.952. The van der Waals surface area contributed by atoms with Crippen molar-refractivity contribution in [1.29, 1.82) is 0 Å². The van der Waals surface area contributed by atoms with E-state index in [1.54, 1.807) is 0 Å². The van der Waals surface area contributed by atoms with Crippen LogP contribution in [0.5, 0.6) is 0 Å². The van der Waals surface area contributed by atoms with Crippen molar-refractivity contribution in [3.8, 4) is 0 Å². The van der Waals surface area contributed by atoms with Crippen LogP contribution in [0.3, 0.4) is 0 Å². The lowest BCUT2D eigenvalue weighted by Gasteiger charge is -2.21. The third-order valence-electron chi connectivity index (χ3n) is 19.7. The second kappa shape index (κ2) is 73.2. The van der Waals surface area contributed by atoms with Crippen molar-refractivity contribution in [2.75, 3.05) is 39.6 Å². The molecule has 0 aromatic rings. The molecule has 0 bridgehead atoms. The maximum Gasteiger partial charge on any atom is 0.472 e. The molecule has 102 heavy (non-hydrogen) atoms. The van der Waals surface area contributed by atoms with Gasteiger partial charge < -0.3 is 33.8 Å². The van der Waals surface area contributed by atoms with Crippen LogP contribution in [0, 0.1) is 17.8 Å². The number of hydrogen-bond donors (Lipinski definition) is 3. The summed E-state index contributed by atoms with van der Waals surface area (Å²) in [7, 11) is -9.92. The molecule has 0 fully saturated rings. The molecule has 606 valence electrons. The molecule has 0 amide bonds. The summed E-state index contributed by atoms with van der Waals surface area (Å²) in [5, 5.41) is 10.6. The van der Waals surface area contributed by atoms with Gasteiger partial charge in [-0.25, -0.2) is 9.13 Å². The Bertz CT molecular complexity index is 1980. The van der Waals surface area contributed by atoms with Gasteiger partial charge in [-0.2, -0.15) is 0 Å². The number of phosphoric ester groups is 2. The zero-order valence-electron chi connectivity index (χ0n) is 67.1. The van der Waals surface area contributed by atoms with E-state index in [4.69, 9.17) is 37.0 Å². The van der Waals surface area contributed by atoms with Crippen molar-refractivity contribution in [3.63, 3.8) is 0 Å². The van der Waals surface area contributed by atoms with Gasteiger partial charge in [-0.3, -0.25) is 37.3 Å². The van der Waals surface area contributed by atoms with Crippen molar-refractivity contribution in [1.82, 2.24) is 0 Å². The van der Waals surface area contributed by atoms with Crippen molar-refractivity contribution >= 4 is 39.5 Å². The first-order valence-electron chi connectivity index (χ1n) is 42.9. The van der Waals surface area contributed by atoms with E-state index in [1.165, 1.54) is 244 Å². The molecule has 0 aromatic heterocycles. The Hall–Kier alpha value is -1.94. The van der Waals surface area contributed by atoms with Crippen molar-refractivity contribution < 1.29 is 80.2 Å². The zero-order chi connectivity index (χ0) is 75.1. The molecule has 0 aliphatic rings. The Morgan fingerprint density at radius 3 is 0.745 bits per heavy atom. The summed E-state index contributed by atoms with van der Waals surface area (Å²) >= 11 is 0. The average molecular weight is 1490 g/mol. The minimum Gasteiger partial charge on any atom is -0.462 e. The summed E-state index contributed by atoms with van der Waals surface area (Å²) in [5.41, 5.74) is 0. The van der Waals surface area contributed by atoms with Gasteiger partial charge in [-0.1, -0.05) is 382 Å². The third kappa shape index (κ3) is 74.9. The maximum atomic E-state index is 13.1. The molecule has 0 radical (unpaired) electrons. The molecular weight excluding hydrogens is 1330 g/mol. The van der Waals surface area contributed by atoms with Gasteiger partial charge in [0, 0.05) is 25.7 Å². The average Bonchev–Trinajstić information content (AvgIpc) is 0.985. The summed E-state index contributed by atoms with van der Waals surface area (Å²) < 4.78 is 68.7. The highest BCUT2D eigenvalue weighted by molar-refractivity contribution is 7.47. The molecule has 6 atom stereocenters. The van der Waals surface area contributed by atoms with Crippen LogP contribution in [0.2, 0.25) is 0 Å². The van der Waals surface area contributed by atoms with Gasteiger partial charge in [0.1, 0.15) is 19.3 Å². The molecule has 3 unspecified atom stereocenters. The molecular formula is C83H162O17P2. The summed E-state index contributed by atoms with van der Waals surface area (Å²) in [6.45, 7) is 12.0. The molecule has 3 N–H and O–H groups in total. The second-order valence-corrected chi connectivity index (χ2v) is 34.0. The third-order valence-corrected chi connectivity index (χ3v) is 21.6. The van der Waals surface area contributed by atoms with E-state index >= 15 is 0 Å². The number of rotatable bonds is 81. The number of aliphatic hydroxyl groups is 1. The normalized spacial score (nSPS) is 14.2. The van der Waals surface area contributed by atoms with Gasteiger partial charge in [0.05, 0.1) is 26.4 Å². The molecule has 0 heterocycles. The van der Waals surface area contributed by atoms with Crippen LogP contribution in [0.1, 0.15) is 434 Å². The number of hydrogen-bond acceptors (Lipinski definition) is 15. The predicted molar refractivity (Wildman–Crippen MR) is 418 cm³/mol. The predicted octanol–water partition coefficient (Wildman–Crippen LogP) is 24.9. The topological polar surface area (TPSA) is 237 Å². The largest absolute Gasteiger partial charge is 0.472 e. The molecule has 17 nitrogen and oxygen atoms in total. The smallest absolute Gasteiger partial charge is 0.462 e. The summed E-state index contributed by atoms with van der Waals surface area (Å²) in [5.74, 6) is 0.291. The van der Waals surface area contributed by atoms with Gasteiger partial charge in [0.25, 0.3) is 0 Å². The number of carbonyl (C=O) groups excluding carboxylic acids is 4. The fourth-order valence-electron chi connectivity index (χ4n) is 12.8. The maximum absolute atomic E-state index is 13.1. The lowest BCUT2D eigenvalue weighted by molar-refractivity contribution is -0.161. The molecule has 0 rings (SSSR count). The lowest BCUT2D eigenvalue weighted by atomic mass is 9.99. The highest BCUT2D eigenvalue weighted by Crippen LogP contribution is 2.45. The van der Waals surface area contributed by atoms with Gasteiger partial charge in [-0.15, -0.1) is 0 Å². The van der Waals surface area contributed by atoms with E-state index < -0.39 is 97.5 Å². The van der Waals surface area contributed by atoms with Crippen LogP contribution in [0.25, 0.3) is 0 Å². The first-order valence-corrected chi connectivity index (χ1v) is 45.9. The highest BCUT2D eigenvalue weighted by Gasteiger charge is 2.30. The number of phosphoric acid groups is 2. The summed E-state index contributed by atoms with van der Waals surface area (Å²) in [6.07, 6.45) is 62.6. The van der Waals surface area contributed by atoms with Crippen LogP contribution in [-0.4, -0.2) is 96.7 Å². The van der Waals surface area contributed by atoms with E-state index in [1.807, 2.05) is 0 Å². The van der Waals surface area contributed by atoms with Crippen molar-refractivity contribution in [2.45, 2.75) is 452 Å². The Balaban J connectivity index is 5.20. The van der Waals surface area contributed by atoms with Crippen LogP contribution in [-0.2, 0) is 65.4 Å². The van der Waals surface area contributed by atoms with E-state index in [2.05, 4.69) is 48.5 Å². The van der Waals surface area contributed by atoms with Crippen molar-refractivity contribution in [3.05, 3.63) is 0 Å². The minimum atomic E-state index is -4.96. The van der Waals surface area contributed by atoms with Crippen molar-refractivity contribution in [2.24, 2.45) is 17.8 Å². The number of carbonyl (C=O) groups is 4. The van der Waals surface area contributed by atoms with E-state index in [9.17, 15) is 43.2 Å². The highest BCUT2D eigenvalue weighted by atomic mass is 31.2. The zero-order valence-corrected chi connectivity index (χ0v) is 68.9. The Morgan fingerprint density at radius 1 is 0.284 bits per heavy atom. The summed E-state index contributed by atoms with van der Waals surface area (Å²) in [4.78, 5) is 73.0. The number of esters is 4. The first-order chi connectivity index (χ1) is 49.3. The van der Waals surface area contributed by atoms with Gasteiger partial charge >= 0.3 is 39.5 Å². The number of aliphatic hydroxyl groups excluding tert-OH is 1. The van der Waals surface area contributed by atoms with Crippen LogP contribution in [0.4, 0.5) is 0 Å². The fourth-order valence-corrected chi connectivity index (χ4v) is 14.4. The first kappa shape index (κ1) is 100. The van der Waals surface area contributed by atoms with Gasteiger partial charge in [0.2, 0.25) is 0 Å². The molecule has 0 spiro atoms. The Morgan fingerprint density at radius 2 is 0.500 bits per heavy atom. The second-order valence-electron chi connectivity index (χ2n) is 31.1. The standard InChI is InChI=1S/C83H162O17P2/c1-8-10-11-12-13-14-35-43-50-57-64-80(85)93-71-79(100-83(88)67-60-53-46-39-38-41-48-55-62-75(5)6)73-98-102(91,92)96-69-77(84)68-95-101(89,90)97-72-78(70-94-81(86)65-58-51-44-36-31-27-23-20-19-21-25-29-33-40-47-54-61-74(3)4)99-82(87)66-59-52-45-37-32-28-24-18-16-15-17-22-26-30-34-42-49-56-63-76(7)9-2/h74-79,84H,8-73H2,1-7H3,(H,89,90)(H,91,92)/t76?,77-,78-,79-/m1/s1. The number of ether oxygens (including phenoxy) is 4. The lowest BCUT2D eigenvalue weighted by Crippen LogP contribution is -2.30. The molecule has 0 aliphatic carbocycles. The minimum absolute atomic E-state index is 0.105. The molecule has 0 saturated carbocycles. The van der Waals surface area contributed by atoms with Crippen LogP contribution >= 0.6 is 15.6 Å². The molecule has 19 heteroatoms. The Labute approximate surface area is 626 Å². The van der Waals surface area contributed by atoms with Crippen LogP contribution in [0.15, 0.2) is 0 Å². The Kier molecular flexibility index (Phi) is 71.8. The quantitative estimate of drug-likeness (QED) is 0.0222. The monoisotopic (exact) mass is 1490 g/mol. The molecule has 0 saturated heterocycles. The molecule has 0 aliphatic heterocycles. The number of unbranched alkanes of at least 4 members (excludes halogenated alkanes) is 48. The van der Waals surface area contributed by atoms with Gasteiger partial charge in [0.15, 0.2) is 12.2 Å². The SMILES string of the molecule is CCCCCCCCCCCCC(=O)OC[C@H](COP(=O)(O)OC[C@H](O)COP(=O)(O)OC[C@@H](COC(=O)CCCCCCCCCCCCCCCCCCC(C)C)OC(=O)CCCCCCCCCCCCCCCCCCCCC(C)CC)OC(=O)CCCCCCCCCCC(C)C.